The van der Waals surface area contributed by atoms with Crippen LogP contribution in [0.4, 0.5) is 0 Å². The summed E-state index contributed by atoms with van der Waals surface area (Å²) in [5.41, 5.74) is 0. The normalized spacial score (nSPS) is 25.3. The standard InChI is InChI=1S/C8H14N2O2/c1-2-4-6-8-11-12-10-9-7-5-3-1/h6,8H,1-5,7H2/b8-6-,10-9-. The molecule has 12 heavy (non-hydrogen) atoms. The van der Waals surface area contributed by atoms with Crippen molar-refractivity contribution in [2.24, 2.45) is 10.4 Å². The van der Waals surface area contributed by atoms with Crippen molar-refractivity contribution in [1.29, 1.82) is 0 Å². The Morgan fingerprint density at radius 2 is 2.00 bits per heavy atom. The number of rotatable bonds is 0. The third kappa shape index (κ3) is 4.71. The van der Waals surface area contributed by atoms with Crippen molar-refractivity contribution in [3.8, 4) is 0 Å². The monoisotopic (exact) mass is 170 g/mol. The first-order valence-corrected chi connectivity index (χ1v) is 4.34. The van der Waals surface area contributed by atoms with Crippen LogP contribution in [0.15, 0.2) is 22.7 Å². The van der Waals surface area contributed by atoms with Crippen molar-refractivity contribution in [3.05, 3.63) is 12.3 Å². The van der Waals surface area contributed by atoms with Crippen molar-refractivity contribution in [2.75, 3.05) is 6.54 Å². The third-order valence-electron chi connectivity index (χ3n) is 1.66. The van der Waals surface area contributed by atoms with E-state index in [-0.39, 0.29) is 0 Å². The SMILES string of the molecule is C1=C\OO/N=N\CCCCCC/1. The average Bonchev–Trinajstić information content (AvgIpc) is 2.05. The molecule has 4 heteroatoms. The minimum absolute atomic E-state index is 0.729. The molecule has 1 rings (SSSR count). The quantitative estimate of drug-likeness (QED) is 0.524. The summed E-state index contributed by atoms with van der Waals surface area (Å²) in [5, 5.41) is 7.10. The first kappa shape index (κ1) is 9.03. The van der Waals surface area contributed by atoms with E-state index in [1.54, 1.807) is 0 Å². The van der Waals surface area contributed by atoms with Gasteiger partial charge in [-0.3, -0.25) is 4.89 Å². The van der Waals surface area contributed by atoms with E-state index in [1.807, 2.05) is 6.08 Å². The second-order valence-corrected chi connectivity index (χ2v) is 2.69. The molecule has 0 aromatic rings. The molecule has 0 atom stereocenters. The van der Waals surface area contributed by atoms with E-state index in [0.29, 0.717) is 0 Å². The molecular weight excluding hydrogens is 156 g/mol. The van der Waals surface area contributed by atoms with Crippen LogP contribution in [-0.4, -0.2) is 6.54 Å². The zero-order valence-electron chi connectivity index (χ0n) is 7.11. The van der Waals surface area contributed by atoms with Crippen LogP contribution in [-0.2, 0) is 9.88 Å². The van der Waals surface area contributed by atoms with E-state index in [9.17, 15) is 0 Å². The predicted molar refractivity (Wildman–Crippen MR) is 44.1 cm³/mol. The predicted octanol–water partition coefficient (Wildman–Crippen LogP) is 2.78. The second kappa shape index (κ2) is 6.64. The average molecular weight is 170 g/mol. The van der Waals surface area contributed by atoms with Crippen LogP contribution in [0.5, 0.6) is 0 Å². The van der Waals surface area contributed by atoms with Gasteiger partial charge in [0.2, 0.25) is 0 Å². The summed E-state index contributed by atoms with van der Waals surface area (Å²) < 4.78 is 0. The maximum Gasteiger partial charge on any atom is 0.141 e. The number of hydrogen-bond donors (Lipinski definition) is 0. The first-order chi connectivity index (χ1) is 6.00. The largest absolute Gasteiger partial charge is 0.274 e. The van der Waals surface area contributed by atoms with Crippen molar-refractivity contribution in [1.82, 2.24) is 0 Å². The van der Waals surface area contributed by atoms with E-state index in [1.165, 1.54) is 25.5 Å². The molecule has 0 aliphatic carbocycles. The highest BCUT2D eigenvalue weighted by Crippen LogP contribution is 2.04. The lowest BCUT2D eigenvalue weighted by atomic mass is 10.1. The molecule has 4 nitrogen and oxygen atoms in total. The fraction of sp³-hybridized carbons (Fsp3) is 0.750. The Hall–Kier alpha value is -1.06. The maximum absolute atomic E-state index is 4.57. The Kier molecular flexibility index (Phi) is 5.00. The smallest absolute Gasteiger partial charge is 0.141 e. The lowest BCUT2D eigenvalue weighted by molar-refractivity contribution is -0.257. The molecule has 0 aromatic carbocycles. The van der Waals surface area contributed by atoms with Gasteiger partial charge in [-0.1, -0.05) is 12.8 Å². The highest BCUT2D eigenvalue weighted by molar-refractivity contribution is 4.71. The van der Waals surface area contributed by atoms with Gasteiger partial charge in [0.15, 0.2) is 0 Å². The van der Waals surface area contributed by atoms with Gasteiger partial charge in [0.05, 0.1) is 11.8 Å². The minimum atomic E-state index is 0.729. The van der Waals surface area contributed by atoms with Gasteiger partial charge in [0.25, 0.3) is 0 Å². The Morgan fingerprint density at radius 1 is 1.08 bits per heavy atom. The van der Waals surface area contributed by atoms with Gasteiger partial charge < -0.3 is 0 Å². The molecule has 0 saturated carbocycles. The molecule has 0 radical (unpaired) electrons. The van der Waals surface area contributed by atoms with Gasteiger partial charge in [0.1, 0.15) is 6.26 Å². The van der Waals surface area contributed by atoms with Crippen molar-refractivity contribution in [3.63, 3.8) is 0 Å². The Morgan fingerprint density at radius 3 is 3.00 bits per heavy atom. The summed E-state index contributed by atoms with van der Waals surface area (Å²) in [7, 11) is 0. The lowest BCUT2D eigenvalue weighted by Crippen LogP contribution is -1.84. The summed E-state index contributed by atoms with van der Waals surface area (Å²) in [6, 6.07) is 0. The van der Waals surface area contributed by atoms with Gasteiger partial charge >= 0.3 is 0 Å². The van der Waals surface area contributed by atoms with Crippen LogP contribution in [0.3, 0.4) is 0 Å². The zero-order valence-corrected chi connectivity index (χ0v) is 7.11. The van der Waals surface area contributed by atoms with Crippen LogP contribution in [0, 0.1) is 0 Å². The number of allylic oxidation sites excluding steroid dienone is 1. The zero-order chi connectivity index (χ0) is 8.49. The number of nitrogens with zero attached hydrogens (tertiary/aromatic N) is 2. The van der Waals surface area contributed by atoms with Gasteiger partial charge in [-0.15, -0.1) is 10.1 Å². The van der Waals surface area contributed by atoms with Crippen LogP contribution >= 0.6 is 0 Å². The molecule has 1 heterocycles. The van der Waals surface area contributed by atoms with Gasteiger partial charge in [-0.2, -0.15) is 0 Å². The fourth-order valence-electron chi connectivity index (χ4n) is 1.01. The van der Waals surface area contributed by atoms with E-state index >= 15 is 0 Å². The molecule has 0 spiro atoms. The molecule has 0 fully saturated rings. The molecule has 0 saturated heterocycles. The van der Waals surface area contributed by atoms with Gasteiger partial charge in [-0.05, 0) is 25.3 Å². The van der Waals surface area contributed by atoms with Crippen LogP contribution < -0.4 is 0 Å². The van der Waals surface area contributed by atoms with Crippen molar-refractivity contribution < 1.29 is 9.88 Å². The van der Waals surface area contributed by atoms with E-state index in [4.69, 9.17) is 0 Å². The fourth-order valence-corrected chi connectivity index (χ4v) is 1.01. The maximum atomic E-state index is 4.57. The molecule has 68 valence electrons. The molecule has 0 bridgehead atoms. The minimum Gasteiger partial charge on any atom is -0.274 e. The molecule has 1 aliphatic rings. The van der Waals surface area contributed by atoms with Crippen molar-refractivity contribution >= 4 is 0 Å². The summed E-state index contributed by atoms with van der Waals surface area (Å²) >= 11 is 0. The molecule has 0 N–H and O–H groups in total. The van der Waals surface area contributed by atoms with E-state index in [0.717, 1.165) is 19.4 Å². The third-order valence-corrected chi connectivity index (χ3v) is 1.66. The highest BCUT2D eigenvalue weighted by atomic mass is 17.3. The Bertz CT molecular complexity index is 139. The van der Waals surface area contributed by atoms with E-state index in [2.05, 4.69) is 20.3 Å². The topological polar surface area (TPSA) is 43.2 Å². The van der Waals surface area contributed by atoms with Gasteiger partial charge in [0, 0.05) is 0 Å². The Labute approximate surface area is 72.2 Å². The van der Waals surface area contributed by atoms with Crippen LogP contribution in [0.25, 0.3) is 0 Å². The lowest BCUT2D eigenvalue weighted by Gasteiger charge is -1.97. The Balaban J connectivity index is 2.19. The molecule has 0 amide bonds. The molecule has 1 aliphatic heterocycles. The summed E-state index contributed by atoms with van der Waals surface area (Å²) in [5.74, 6) is 0. The van der Waals surface area contributed by atoms with Crippen LogP contribution in [0.2, 0.25) is 0 Å². The van der Waals surface area contributed by atoms with Crippen molar-refractivity contribution in [2.45, 2.75) is 32.1 Å². The second-order valence-electron chi connectivity index (χ2n) is 2.69. The highest BCUT2D eigenvalue weighted by Gasteiger charge is 1.90. The van der Waals surface area contributed by atoms with Gasteiger partial charge in [-0.25, -0.2) is 0 Å². The summed E-state index contributed by atoms with van der Waals surface area (Å²) in [6.45, 7) is 0.729. The molecule has 0 unspecified atom stereocenters. The summed E-state index contributed by atoms with van der Waals surface area (Å²) in [6.07, 6.45) is 9.22. The summed E-state index contributed by atoms with van der Waals surface area (Å²) in [4.78, 5) is 8.94. The van der Waals surface area contributed by atoms with Crippen LogP contribution in [0.1, 0.15) is 32.1 Å². The molecule has 0 aromatic heterocycles. The first-order valence-electron chi connectivity index (χ1n) is 4.34. The number of hydrogen-bond acceptors (Lipinski definition) is 4. The van der Waals surface area contributed by atoms with E-state index < -0.39 is 0 Å². The molecular formula is C8H14N2O2.